The van der Waals surface area contributed by atoms with E-state index < -0.39 is 0 Å². The first-order valence-corrected chi connectivity index (χ1v) is 8.25. The van der Waals surface area contributed by atoms with Gasteiger partial charge in [0.05, 0.1) is 19.4 Å². The van der Waals surface area contributed by atoms with Crippen LogP contribution in [0.25, 0.3) is 0 Å². The number of aryl methyl sites for hydroxylation is 2. The minimum atomic E-state index is -0.209. The first kappa shape index (κ1) is 17.2. The summed E-state index contributed by atoms with van der Waals surface area (Å²) >= 11 is 0. The predicted molar refractivity (Wildman–Crippen MR) is 91.9 cm³/mol. The third-order valence-electron chi connectivity index (χ3n) is 3.86. The fraction of sp³-hybridized carbons (Fsp3) is 0.500. The summed E-state index contributed by atoms with van der Waals surface area (Å²) in [6.07, 6.45) is 1.41. The molecule has 1 amide bonds. The fourth-order valence-corrected chi connectivity index (χ4v) is 2.55. The lowest BCUT2D eigenvalue weighted by molar-refractivity contribution is 0.0953. The van der Waals surface area contributed by atoms with Gasteiger partial charge in [0, 0.05) is 37.9 Å². The number of nitrogens with zero attached hydrogens (tertiary/aromatic N) is 4. The molecule has 2 N–H and O–H groups in total. The van der Waals surface area contributed by atoms with E-state index in [1.165, 1.54) is 6.20 Å². The Morgan fingerprint density at radius 3 is 2.76 bits per heavy atom. The molecule has 0 atom stereocenters. The third-order valence-corrected chi connectivity index (χ3v) is 3.86. The Kier molecular flexibility index (Phi) is 5.44. The molecule has 0 aliphatic carbocycles. The van der Waals surface area contributed by atoms with Crippen molar-refractivity contribution in [3.05, 3.63) is 29.3 Å². The second-order valence-electron chi connectivity index (χ2n) is 5.77. The second-order valence-corrected chi connectivity index (χ2v) is 5.77. The topological polar surface area (TPSA) is 105 Å². The van der Waals surface area contributed by atoms with Crippen LogP contribution in [0.2, 0.25) is 0 Å². The molecule has 0 aromatic carbocycles. The fourth-order valence-electron chi connectivity index (χ4n) is 2.55. The highest BCUT2D eigenvalue weighted by atomic mass is 16.5. The lowest BCUT2D eigenvalue weighted by Crippen LogP contribution is -2.37. The molecule has 0 spiro atoms. The number of carbonyl (C=O) groups excluding carboxylic acids is 1. The van der Waals surface area contributed by atoms with Gasteiger partial charge in [-0.15, -0.1) is 0 Å². The van der Waals surface area contributed by atoms with E-state index >= 15 is 0 Å². The number of hydrogen-bond acceptors (Lipinski definition) is 8. The Bertz CT molecular complexity index is 726. The Labute approximate surface area is 145 Å². The number of carbonyl (C=O) groups is 1. The molecule has 3 heterocycles. The molecule has 3 rings (SSSR count). The minimum absolute atomic E-state index is 0.209. The van der Waals surface area contributed by atoms with Crippen molar-refractivity contribution in [2.24, 2.45) is 0 Å². The van der Waals surface area contributed by atoms with Gasteiger partial charge in [-0.25, -0.2) is 4.98 Å². The smallest absolute Gasteiger partial charge is 0.256 e. The molecule has 1 fully saturated rings. The number of rotatable bonds is 6. The lowest BCUT2D eigenvalue weighted by Gasteiger charge is -2.28. The van der Waals surface area contributed by atoms with E-state index in [0.717, 1.165) is 24.6 Å². The molecule has 0 radical (unpaired) electrons. The van der Waals surface area contributed by atoms with Gasteiger partial charge in [-0.1, -0.05) is 5.16 Å². The second kappa shape index (κ2) is 7.93. The van der Waals surface area contributed by atoms with E-state index in [2.05, 4.69) is 30.7 Å². The van der Waals surface area contributed by atoms with Crippen molar-refractivity contribution in [2.75, 3.05) is 49.6 Å². The van der Waals surface area contributed by atoms with Gasteiger partial charge in [-0.3, -0.25) is 4.79 Å². The van der Waals surface area contributed by atoms with Gasteiger partial charge < -0.3 is 24.8 Å². The van der Waals surface area contributed by atoms with Gasteiger partial charge >= 0.3 is 0 Å². The largest absolute Gasteiger partial charge is 0.378 e. The highest BCUT2D eigenvalue weighted by Gasteiger charge is 2.14. The van der Waals surface area contributed by atoms with Crippen molar-refractivity contribution in [2.45, 2.75) is 13.8 Å². The molecule has 25 heavy (non-hydrogen) atoms. The first-order chi connectivity index (χ1) is 12.1. The zero-order valence-corrected chi connectivity index (χ0v) is 14.4. The normalized spacial score (nSPS) is 14.4. The Morgan fingerprint density at radius 1 is 1.24 bits per heavy atom. The van der Waals surface area contributed by atoms with Crippen LogP contribution < -0.4 is 15.5 Å². The van der Waals surface area contributed by atoms with E-state index in [1.807, 2.05) is 13.0 Å². The van der Waals surface area contributed by atoms with Crippen molar-refractivity contribution >= 4 is 17.7 Å². The maximum Gasteiger partial charge on any atom is 0.256 e. The molecule has 2 aromatic heterocycles. The number of amides is 1. The third kappa shape index (κ3) is 4.44. The zero-order chi connectivity index (χ0) is 17.6. The average molecular weight is 346 g/mol. The summed E-state index contributed by atoms with van der Waals surface area (Å²) in [5, 5.41) is 9.55. The molecule has 1 aliphatic heterocycles. The number of morpholine rings is 1. The van der Waals surface area contributed by atoms with Gasteiger partial charge in [0.15, 0.2) is 0 Å². The van der Waals surface area contributed by atoms with Crippen molar-refractivity contribution < 1.29 is 14.1 Å². The van der Waals surface area contributed by atoms with Crippen LogP contribution in [0.4, 0.5) is 11.8 Å². The molecule has 2 aromatic rings. The Balaban J connectivity index is 1.52. The highest BCUT2D eigenvalue weighted by Crippen LogP contribution is 2.16. The van der Waals surface area contributed by atoms with E-state index in [0.29, 0.717) is 43.6 Å². The summed E-state index contributed by atoms with van der Waals surface area (Å²) in [5.74, 6) is 1.74. The Morgan fingerprint density at radius 2 is 2.04 bits per heavy atom. The summed E-state index contributed by atoms with van der Waals surface area (Å²) in [4.78, 5) is 23.1. The summed E-state index contributed by atoms with van der Waals surface area (Å²) in [7, 11) is 0. The number of nitrogens with one attached hydrogen (secondary N) is 2. The van der Waals surface area contributed by atoms with Gasteiger partial charge in [0.2, 0.25) is 5.95 Å². The first-order valence-electron chi connectivity index (χ1n) is 8.25. The van der Waals surface area contributed by atoms with Crippen molar-refractivity contribution in [3.63, 3.8) is 0 Å². The average Bonchev–Trinajstić information content (AvgIpc) is 3.05. The minimum Gasteiger partial charge on any atom is -0.378 e. The molecule has 0 bridgehead atoms. The van der Waals surface area contributed by atoms with E-state index in [1.54, 1.807) is 6.92 Å². The highest BCUT2D eigenvalue weighted by molar-refractivity contribution is 5.94. The summed E-state index contributed by atoms with van der Waals surface area (Å²) in [6, 6.07) is 1.97. The quantitative estimate of drug-likeness (QED) is 0.739. The molecular formula is C16H22N6O3. The number of hydrogen-bond donors (Lipinski definition) is 2. The van der Waals surface area contributed by atoms with Crippen LogP contribution in [0.15, 0.2) is 16.8 Å². The van der Waals surface area contributed by atoms with Crippen LogP contribution >= 0.6 is 0 Å². The van der Waals surface area contributed by atoms with E-state index in [9.17, 15) is 4.79 Å². The van der Waals surface area contributed by atoms with Crippen LogP contribution in [0, 0.1) is 13.8 Å². The molecule has 9 heteroatoms. The van der Waals surface area contributed by atoms with Crippen LogP contribution in [-0.4, -0.2) is 60.4 Å². The van der Waals surface area contributed by atoms with Gasteiger partial charge in [0.25, 0.3) is 5.91 Å². The van der Waals surface area contributed by atoms with Gasteiger partial charge in [0.1, 0.15) is 17.1 Å². The molecule has 0 saturated carbocycles. The van der Waals surface area contributed by atoms with Crippen molar-refractivity contribution in [1.82, 2.24) is 20.4 Å². The predicted octanol–water partition coefficient (Wildman–Crippen LogP) is 0.760. The summed E-state index contributed by atoms with van der Waals surface area (Å²) in [6.45, 7) is 7.66. The monoisotopic (exact) mass is 346 g/mol. The van der Waals surface area contributed by atoms with Crippen LogP contribution in [0.3, 0.4) is 0 Å². The maximum absolute atomic E-state index is 12.0. The van der Waals surface area contributed by atoms with Crippen molar-refractivity contribution in [3.8, 4) is 0 Å². The summed E-state index contributed by atoms with van der Waals surface area (Å²) in [5.41, 5.74) is 1.34. The molecular weight excluding hydrogens is 324 g/mol. The number of anilines is 2. The maximum atomic E-state index is 12.0. The van der Waals surface area contributed by atoms with Gasteiger partial charge in [-0.05, 0) is 13.8 Å². The zero-order valence-electron chi connectivity index (χ0n) is 14.4. The number of ether oxygens (including phenoxy) is 1. The Hall–Kier alpha value is -2.68. The molecule has 9 nitrogen and oxygen atoms in total. The van der Waals surface area contributed by atoms with Crippen LogP contribution in [0.1, 0.15) is 21.8 Å². The van der Waals surface area contributed by atoms with Gasteiger partial charge in [-0.2, -0.15) is 4.98 Å². The SMILES string of the molecule is Cc1cc(N2CCOCC2)nc(NCCNC(=O)c2cnoc2C)n1. The standard InChI is InChI=1S/C16H22N6O3/c1-11-9-14(22-5-7-24-8-6-22)21-16(20-11)18-4-3-17-15(23)13-10-19-25-12(13)2/h9-10H,3-8H2,1-2H3,(H,17,23)(H,18,20,21). The van der Waals surface area contributed by atoms with E-state index in [4.69, 9.17) is 9.26 Å². The van der Waals surface area contributed by atoms with Crippen LogP contribution in [0.5, 0.6) is 0 Å². The van der Waals surface area contributed by atoms with Crippen LogP contribution in [-0.2, 0) is 4.74 Å². The summed E-state index contributed by atoms with van der Waals surface area (Å²) < 4.78 is 10.3. The molecule has 1 aliphatic rings. The molecule has 0 unspecified atom stereocenters. The molecule has 1 saturated heterocycles. The molecule has 134 valence electrons. The van der Waals surface area contributed by atoms with Crippen molar-refractivity contribution in [1.29, 1.82) is 0 Å². The lowest BCUT2D eigenvalue weighted by atomic mass is 10.2. The van der Waals surface area contributed by atoms with E-state index in [-0.39, 0.29) is 5.91 Å². The number of aromatic nitrogens is 3.